The van der Waals surface area contributed by atoms with Crippen LogP contribution in [0.1, 0.15) is 26.2 Å². The molecule has 2 fully saturated rings. The van der Waals surface area contributed by atoms with Gasteiger partial charge in [-0.05, 0) is 46.3 Å². The molecule has 2 aliphatic rings. The van der Waals surface area contributed by atoms with E-state index < -0.39 is 0 Å². The lowest BCUT2D eigenvalue weighted by Gasteiger charge is -2.40. The zero-order valence-corrected chi connectivity index (χ0v) is 10.2. The maximum absolute atomic E-state index is 3.22. The van der Waals surface area contributed by atoms with Crippen molar-refractivity contribution in [2.75, 3.05) is 39.8 Å². The summed E-state index contributed by atoms with van der Waals surface area (Å²) < 4.78 is 0. The van der Waals surface area contributed by atoms with E-state index >= 15 is 0 Å². The van der Waals surface area contributed by atoms with Crippen molar-refractivity contribution in [3.05, 3.63) is 0 Å². The van der Waals surface area contributed by atoms with Crippen LogP contribution in [0.3, 0.4) is 0 Å². The molecule has 0 aromatic rings. The fourth-order valence-corrected chi connectivity index (χ4v) is 2.59. The summed E-state index contributed by atoms with van der Waals surface area (Å²) in [7, 11) is 2.04. The van der Waals surface area contributed by atoms with Crippen LogP contribution < -0.4 is 5.32 Å². The average Bonchev–Trinajstić information content (AvgIpc) is 3.04. The second-order valence-corrected chi connectivity index (χ2v) is 5.07. The Hall–Kier alpha value is -0.120. The van der Waals surface area contributed by atoms with Gasteiger partial charge in [-0.25, -0.2) is 0 Å². The Balaban J connectivity index is 1.69. The molecule has 88 valence electrons. The predicted octanol–water partition coefficient (Wildman–Crippen LogP) is 0.764. The van der Waals surface area contributed by atoms with Crippen LogP contribution in [0.5, 0.6) is 0 Å². The highest BCUT2D eigenvalue weighted by atomic mass is 15.3. The highest BCUT2D eigenvalue weighted by Crippen LogP contribution is 2.28. The SMILES string of the molecule is CNCCCN1CCN(C2CC2)CC1C. The van der Waals surface area contributed by atoms with Crippen LogP contribution in [0.4, 0.5) is 0 Å². The van der Waals surface area contributed by atoms with E-state index in [1.807, 2.05) is 7.05 Å². The molecule has 2 rings (SSSR count). The average molecular weight is 211 g/mol. The van der Waals surface area contributed by atoms with E-state index in [0.29, 0.717) is 0 Å². The van der Waals surface area contributed by atoms with Crippen LogP contribution >= 0.6 is 0 Å². The summed E-state index contributed by atoms with van der Waals surface area (Å²) in [6, 6.07) is 1.71. The molecule has 0 bridgehead atoms. The van der Waals surface area contributed by atoms with Crippen LogP contribution in [0.15, 0.2) is 0 Å². The Morgan fingerprint density at radius 1 is 1.27 bits per heavy atom. The molecule has 0 spiro atoms. The number of piperazine rings is 1. The molecule has 1 heterocycles. The quantitative estimate of drug-likeness (QED) is 0.678. The van der Waals surface area contributed by atoms with Crippen LogP contribution in [0.25, 0.3) is 0 Å². The van der Waals surface area contributed by atoms with Gasteiger partial charge in [-0.2, -0.15) is 0 Å². The second kappa shape index (κ2) is 5.28. The van der Waals surface area contributed by atoms with E-state index in [1.54, 1.807) is 0 Å². The van der Waals surface area contributed by atoms with Gasteiger partial charge in [-0.15, -0.1) is 0 Å². The maximum atomic E-state index is 3.22. The summed E-state index contributed by atoms with van der Waals surface area (Å²) in [4.78, 5) is 5.34. The minimum atomic E-state index is 0.760. The van der Waals surface area contributed by atoms with Gasteiger partial charge in [0.05, 0.1) is 0 Å². The summed E-state index contributed by atoms with van der Waals surface area (Å²) >= 11 is 0. The lowest BCUT2D eigenvalue weighted by atomic mass is 10.1. The van der Waals surface area contributed by atoms with Gasteiger partial charge in [0.15, 0.2) is 0 Å². The minimum Gasteiger partial charge on any atom is -0.320 e. The lowest BCUT2D eigenvalue weighted by Crippen LogP contribution is -2.52. The Labute approximate surface area is 93.8 Å². The number of nitrogens with one attached hydrogen (secondary N) is 1. The Bertz CT molecular complexity index is 191. The molecule has 3 nitrogen and oxygen atoms in total. The first kappa shape index (κ1) is 11.4. The van der Waals surface area contributed by atoms with Crippen molar-refractivity contribution in [3.63, 3.8) is 0 Å². The van der Waals surface area contributed by atoms with Crippen molar-refractivity contribution in [3.8, 4) is 0 Å². The van der Waals surface area contributed by atoms with Gasteiger partial charge in [-0.1, -0.05) is 0 Å². The van der Waals surface area contributed by atoms with Gasteiger partial charge in [0.25, 0.3) is 0 Å². The first-order chi connectivity index (χ1) is 7.31. The second-order valence-electron chi connectivity index (χ2n) is 5.07. The summed E-state index contributed by atoms with van der Waals surface area (Å²) in [6.07, 6.45) is 4.18. The summed E-state index contributed by atoms with van der Waals surface area (Å²) in [6.45, 7) is 8.67. The molecule has 1 unspecified atom stereocenters. The smallest absolute Gasteiger partial charge is 0.0195 e. The molecule has 0 amide bonds. The van der Waals surface area contributed by atoms with E-state index in [2.05, 4.69) is 22.0 Å². The van der Waals surface area contributed by atoms with E-state index in [-0.39, 0.29) is 0 Å². The zero-order valence-electron chi connectivity index (χ0n) is 10.2. The first-order valence-electron chi connectivity index (χ1n) is 6.44. The Kier molecular flexibility index (Phi) is 4.00. The van der Waals surface area contributed by atoms with Crippen molar-refractivity contribution >= 4 is 0 Å². The number of nitrogens with zero attached hydrogens (tertiary/aromatic N) is 2. The number of rotatable bonds is 5. The van der Waals surface area contributed by atoms with Crippen LogP contribution in [-0.2, 0) is 0 Å². The molecule has 1 aliphatic heterocycles. The fraction of sp³-hybridized carbons (Fsp3) is 1.00. The third kappa shape index (κ3) is 3.16. The fourth-order valence-electron chi connectivity index (χ4n) is 2.59. The molecule has 3 heteroatoms. The van der Waals surface area contributed by atoms with Gasteiger partial charge in [0, 0.05) is 31.7 Å². The van der Waals surface area contributed by atoms with Crippen LogP contribution in [0, 0.1) is 0 Å². The van der Waals surface area contributed by atoms with Gasteiger partial charge in [-0.3, -0.25) is 9.80 Å². The Morgan fingerprint density at radius 3 is 2.67 bits per heavy atom. The van der Waals surface area contributed by atoms with Gasteiger partial charge >= 0.3 is 0 Å². The third-order valence-corrected chi connectivity index (χ3v) is 3.73. The lowest BCUT2D eigenvalue weighted by molar-refractivity contribution is 0.0779. The van der Waals surface area contributed by atoms with Crippen LogP contribution in [-0.4, -0.2) is 61.7 Å². The largest absolute Gasteiger partial charge is 0.320 e. The van der Waals surface area contributed by atoms with Gasteiger partial charge in [0.2, 0.25) is 0 Å². The molecule has 0 radical (unpaired) electrons. The van der Waals surface area contributed by atoms with Gasteiger partial charge in [0.1, 0.15) is 0 Å². The summed E-state index contributed by atoms with van der Waals surface area (Å²) in [5.41, 5.74) is 0. The van der Waals surface area contributed by atoms with Crippen molar-refractivity contribution in [2.45, 2.75) is 38.3 Å². The van der Waals surface area contributed by atoms with Crippen molar-refractivity contribution < 1.29 is 0 Å². The molecule has 1 aliphatic carbocycles. The number of hydrogen-bond donors (Lipinski definition) is 1. The van der Waals surface area contributed by atoms with Crippen molar-refractivity contribution in [1.29, 1.82) is 0 Å². The number of hydrogen-bond acceptors (Lipinski definition) is 3. The van der Waals surface area contributed by atoms with Crippen molar-refractivity contribution in [2.24, 2.45) is 0 Å². The standard InChI is InChI=1S/C12H25N3/c1-11-10-15(12-4-5-12)9-8-14(11)7-3-6-13-2/h11-13H,3-10H2,1-2H3. The summed E-state index contributed by atoms with van der Waals surface area (Å²) in [5, 5.41) is 3.22. The molecule has 0 aromatic heterocycles. The molecule has 1 N–H and O–H groups in total. The highest BCUT2D eigenvalue weighted by molar-refractivity contribution is 4.90. The monoisotopic (exact) mass is 211 g/mol. The molecular weight excluding hydrogens is 186 g/mol. The van der Waals surface area contributed by atoms with Crippen LogP contribution in [0.2, 0.25) is 0 Å². The Morgan fingerprint density at radius 2 is 2.07 bits per heavy atom. The van der Waals surface area contributed by atoms with E-state index in [0.717, 1.165) is 18.6 Å². The van der Waals surface area contributed by atoms with E-state index in [9.17, 15) is 0 Å². The van der Waals surface area contributed by atoms with E-state index in [1.165, 1.54) is 45.4 Å². The topological polar surface area (TPSA) is 18.5 Å². The molecule has 1 saturated carbocycles. The third-order valence-electron chi connectivity index (χ3n) is 3.73. The van der Waals surface area contributed by atoms with Gasteiger partial charge < -0.3 is 5.32 Å². The minimum absolute atomic E-state index is 0.760. The normalized spacial score (nSPS) is 29.6. The molecule has 1 saturated heterocycles. The zero-order chi connectivity index (χ0) is 10.7. The van der Waals surface area contributed by atoms with E-state index in [4.69, 9.17) is 0 Å². The molecule has 1 atom stereocenters. The van der Waals surface area contributed by atoms with Crippen molar-refractivity contribution in [1.82, 2.24) is 15.1 Å². The predicted molar refractivity (Wildman–Crippen MR) is 64.2 cm³/mol. The molecule has 15 heavy (non-hydrogen) atoms. The summed E-state index contributed by atoms with van der Waals surface area (Å²) in [5.74, 6) is 0. The maximum Gasteiger partial charge on any atom is 0.0195 e. The first-order valence-corrected chi connectivity index (χ1v) is 6.44. The molecule has 0 aromatic carbocycles. The molecular formula is C12H25N3. The highest BCUT2D eigenvalue weighted by Gasteiger charge is 2.33.